The lowest BCUT2D eigenvalue weighted by molar-refractivity contribution is 0.0139. The van der Waals surface area contributed by atoms with E-state index < -0.39 is 5.60 Å². The smallest absolute Gasteiger partial charge is 0.410 e. The van der Waals surface area contributed by atoms with Crippen LogP contribution in [-0.2, 0) is 11.3 Å². The first-order valence-corrected chi connectivity index (χ1v) is 14.7. The summed E-state index contributed by atoms with van der Waals surface area (Å²) in [6.45, 7) is 14.0. The maximum absolute atomic E-state index is 12.4. The quantitative estimate of drug-likeness (QED) is 0.248. The molecule has 0 saturated carbocycles. The van der Waals surface area contributed by atoms with Crippen LogP contribution in [0.4, 0.5) is 16.6 Å². The number of hydrogen-bond donors (Lipinski definition) is 2. The molecule has 0 radical (unpaired) electrons. The van der Waals surface area contributed by atoms with Gasteiger partial charge >= 0.3 is 6.09 Å². The van der Waals surface area contributed by atoms with Gasteiger partial charge in [0.25, 0.3) is 0 Å². The number of piperazine rings is 1. The molecular formula is C32H41N7O4. The molecule has 1 fully saturated rings. The molecule has 0 aliphatic carbocycles. The predicted octanol–water partition coefficient (Wildman–Crippen LogP) is 5.86. The Morgan fingerprint density at radius 3 is 2.58 bits per heavy atom. The zero-order valence-electron chi connectivity index (χ0n) is 25.8. The van der Waals surface area contributed by atoms with Crippen molar-refractivity contribution in [2.45, 2.75) is 46.8 Å². The number of aromatic amines is 1. The zero-order valence-corrected chi connectivity index (χ0v) is 25.8. The molecule has 0 bridgehead atoms. The summed E-state index contributed by atoms with van der Waals surface area (Å²) in [7, 11) is 1.63. The molecule has 1 aliphatic heterocycles. The number of carbonyl (C=O) groups excluding carboxylic acids is 1. The maximum atomic E-state index is 12.4. The maximum Gasteiger partial charge on any atom is 0.410 e. The molecule has 0 atom stereocenters. The van der Waals surface area contributed by atoms with Crippen molar-refractivity contribution in [3.05, 3.63) is 54.5 Å². The Labute approximate surface area is 252 Å². The third kappa shape index (κ3) is 7.53. The molecule has 0 spiro atoms. The lowest BCUT2D eigenvalue weighted by Crippen LogP contribution is -2.49. The SMILES string of the molecule is COc1cnccc1-c1ccc2[nH]c(Nc3cc(CN4CCN(C(=O)OC(C)(C)C)CC4)ccn3)nc2c1OCC(C)C. The van der Waals surface area contributed by atoms with Crippen LogP contribution in [0.25, 0.3) is 22.2 Å². The molecule has 4 heterocycles. The molecule has 1 aromatic carbocycles. The molecule has 1 aliphatic rings. The molecule has 2 N–H and O–H groups in total. The first-order chi connectivity index (χ1) is 20.6. The summed E-state index contributed by atoms with van der Waals surface area (Å²) in [5.74, 6) is 2.94. The highest BCUT2D eigenvalue weighted by Gasteiger charge is 2.26. The van der Waals surface area contributed by atoms with E-state index in [-0.39, 0.29) is 6.09 Å². The van der Waals surface area contributed by atoms with Gasteiger partial charge in [-0.25, -0.2) is 14.8 Å². The van der Waals surface area contributed by atoms with Gasteiger partial charge in [0, 0.05) is 56.2 Å². The van der Waals surface area contributed by atoms with E-state index in [0.29, 0.717) is 48.9 Å². The minimum atomic E-state index is -0.493. The van der Waals surface area contributed by atoms with Crippen molar-refractivity contribution in [2.24, 2.45) is 5.92 Å². The molecule has 1 amide bonds. The summed E-state index contributed by atoms with van der Waals surface area (Å²) >= 11 is 0. The van der Waals surface area contributed by atoms with Crippen LogP contribution in [0.1, 0.15) is 40.2 Å². The Kier molecular flexibility index (Phi) is 9.00. The first kappa shape index (κ1) is 30.1. The van der Waals surface area contributed by atoms with Crippen molar-refractivity contribution in [3.8, 4) is 22.6 Å². The van der Waals surface area contributed by atoms with Crippen LogP contribution in [0.5, 0.6) is 11.5 Å². The van der Waals surface area contributed by atoms with Gasteiger partial charge in [-0.05, 0) is 62.6 Å². The van der Waals surface area contributed by atoms with Gasteiger partial charge in [-0.2, -0.15) is 0 Å². The van der Waals surface area contributed by atoms with Gasteiger partial charge in [0.15, 0.2) is 5.75 Å². The number of fused-ring (bicyclic) bond motifs is 1. The lowest BCUT2D eigenvalue weighted by atomic mass is 10.0. The van der Waals surface area contributed by atoms with Crippen molar-refractivity contribution in [1.82, 2.24) is 29.7 Å². The highest BCUT2D eigenvalue weighted by Crippen LogP contribution is 2.40. The number of H-pyrrole nitrogens is 1. The van der Waals surface area contributed by atoms with Gasteiger partial charge in [0.05, 0.1) is 25.4 Å². The van der Waals surface area contributed by atoms with Gasteiger partial charge in [0.1, 0.15) is 22.7 Å². The average Bonchev–Trinajstić information content (AvgIpc) is 3.38. The van der Waals surface area contributed by atoms with Crippen LogP contribution in [0.3, 0.4) is 0 Å². The molecule has 5 rings (SSSR count). The number of ether oxygens (including phenoxy) is 3. The predicted molar refractivity (Wildman–Crippen MR) is 167 cm³/mol. The molecule has 4 aromatic rings. The normalized spacial score (nSPS) is 14.3. The number of carbonyl (C=O) groups is 1. The standard InChI is InChI=1S/C32H41N7O4/c1-21(2)20-42-29-24(23-10-11-33-18-26(23)41-6)7-8-25-28(29)37-30(35-25)36-27-17-22(9-12-34-27)19-38-13-15-39(16-14-38)31(40)43-32(3,4)5/h7-12,17-18,21H,13-16,19-20H2,1-6H3,(H2,34,35,36,37). The lowest BCUT2D eigenvalue weighted by Gasteiger charge is -2.35. The number of nitrogens with zero attached hydrogens (tertiary/aromatic N) is 5. The summed E-state index contributed by atoms with van der Waals surface area (Å²) in [5, 5.41) is 3.33. The molecule has 0 unspecified atom stereocenters. The summed E-state index contributed by atoms with van der Waals surface area (Å²) in [6, 6.07) is 9.96. The molecule has 1 saturated heterocycles. The van der Waals surface area contributed by atoms with E-state index >= 15 is 0 Å². The van der Waals surface area contributed by atoms with Gasteiger partial charge in [-0.15, -0.1) is 0 Å². The second-order valence-electron chi connectivity index (χ2n) is 12.1. The summed E-state index contributed by atoms with van der Waals surface area (Å²) in [4.78, 5) is 33.5. The Bertz CT molecular complexity index is 1560. The Hall–Kier alpha value is -4.38. The van der Waals surface area contributed by atoms with Crippen LogP contribution in [-0.4, -0.2) is 81.3 Å². The summed E-state index contributed by atoms with van der Waals surface area (Å²) in [5.41, 5.74) is 3.96. The van der Waals surface area contributed by atoms with Crippen molar-refractivity contribution in [1.29, 1.82) is 0 Å². The van der Waals surface area contributed by atoms with Gasteiger partial charge in [0.2, 0.25) is 5.95 Å². The Morgan fingerprint density at radius 2 is 1.86 bits per heavy atom. The number of methoxy groups -OCH3 is 1. The first-order valence-electron chi connectivity index (χ1n) is 14.7. The fourth-order valence-corrected chi connectivity index (χ4v) is 4.92. The fourth-order valence-electron chi connectivity index (χ4n) is 4.92. The zero-order chi connectivity index (χ0) is 30.6. The van der Waals surface area contributed by atoms with Crippen molar-refractivity contribution >= 4 is 28.9 Å². The number of amides is 1. The number of aromatic nitrogens is 4. The molecule has 43 heavy (non-hydrogen) atoms. The van der Waals surface area contributed by atoms with Gasteiger partial charge in [-0.3, -0.25) is 9.88 Å². The van der Waals surface area contributed by atoms with Crippen molar-refractivity contribution in [3.63, 3.8) is 0 Å². The molecule has 3 aromatic heterocycles. The van der Waals surface area contributed by atoms with Crippen molar-refractivity contribution in [2.75, 3.05) is 45.2 Å². The molecular weight excluding hydrogens is 546 g/mol. The fraction of sp³-hybridized carbons (Fsp3) is 0.438. The van der Waals surface area contributed by atoms with E-state index in [9.17, 15) is 4.79 Å². The van der Waals surface area contributed by atoms with Crippen molar-refractivity contribution < 1.29 is 19.0 Å². The number of benzene rings is 1. The minimum absolute atomic E-state index is 0.252. The largest absolute Gasteiger partial charge is 0.494 e. The van der Waals surface area contributed by atoms with Crippen LogP contribution in [0, 0.1) is 5.92 Å². The number of anilines is 2. The average molecular weight is 588 g/mol. The second-order valence-corrected chi connectivity index (χ2v) is 12.1. The number of rotatable bonds is 9. The van der Waals surface area contributed by atoms with E-state index in [2.05, 4.69) is 39.0 Å². The van der Waals surface area contributed by atoms with Gasteiger partial charge < -0.3 is 29.4 Å². The second kappa shape index (κ2) is 12.9. The number of nitrogens with one attached hydrogen (secondary N) is 2. The van der Waals surface area contributed by atoms with Crippen LogP contribution in [0.2, 0.25) is 0 Å². The van der Waals surface area contributed by atoms with Crippen LogP contribution in [0.15, 0.2) is 48.9 Å². The van der Waals surface area contributed by atoms with E-state index in [0.717, 1.165) is 47.4 Å². The Morgan fingerprint density at radius 1 is 1.07 bits per heavy atom. The minimum Gasteiger partial charge on any atom is -0.494 e. The number of hydrogen-bond acceptors (Lipinski definition) is 9. The molecule has 11 heteroatoms. The highest BCUT2D eigenvalue weighted by atomic mass is 16.6. The third-order valence-electron chi connectivity index (χ3n) is 6.96. The Balaban J connectivity index is 1.31. The van der Waals surface area contributed by atoms with E-state index in [4.69, 9.17) is 19.2 Å². The summed E-state index contributed by atoms with van der Waals surface area (Å²) < 4.78 is 17.4. The third-order valence-corrected chi connectivity index (χ3v) is 6.96. The summed E-state index contributed by atoms with van der Waals surface area (Å²) in [6.07, 6.45) is 4.98. The van der Waals surface area contributed by atoms with E-state index in [1.165, 1.54) is 0 Å². The number of pyridine rings is 2. The number of imidazole rings is 1. The van der Waals surface area contributed by atoms with E-state index in [1.54, 1.807) is 30.6 Å². The highest BCUT2D eigenvalue weighted by molar-refractivity contribution is 5.93. The molecule has 11 nitrogen and oxygen atoms in total. The van der Waals surface area contributed by atoms with E-state index in [1.807, 2.05) is 51.1 Å². The van der Waals surface area contributed by atoms with Crippen LogP contribution < -0.4 is 14.8 Å². The monoisotopic (exact) mass is 587 g/mol. The topological polar surface area (TPSA) is 118 Å². The van der Waals surface area contributed by atoms with Crippen LogP contribution >= 0.6 is 0 Å². The molecule has 228 valence electrons. The van der Waals surface area contributed by atoms with Gasteiger partial charge in [-0.1, -0.05) is 13.8 Å².